The van der Waals surface area contributed by atoms with Gasteiger partial charge in [-0.3, -0.25) is 0 Å². The van der Waals surface area contributed by atoms with E-state index >= 15 is 0 Å². The van der Waals surface area contributed by atoms with E-state index in [1.54, 1.807) is 0 Å². The Bertz CT molecular complexity index is 10.9. The summed E-state index contributed by atoms with van der Waals surface area (Å²) in [6.45, 7) is 0. The Hall–Kier alpha value is 1.62. The van der Waals surface area contributed by atoms with E-state index in [0.717, 1.165) is 0 Å². The topological polar surface area (TPSA) is 85.5 Å². The van der Waals surface area contributed by atoms with Crippen LogP contribution in [0.5, 0.6) is 0 Å². The van der Waals surface area contributed by atoms with Crippen LogP contribution in [0.1, 0.15) is 14.9 Å². The maximum absolute atomic E-state index is 0. The predicted octanol–water partition coefficient (Wildman–Crippen LogP) is 0.154. The fourth-order valence-corrected chi connectivity index (χ4v) is 0. The molecule has 0 saturated heterocycles. The molecule has 5 heteroatoms. The molecule has 0 heterocycles. The van der Waals surface area contributed by atoms with Gasteiger partial charge in [-0.05, 0) is 0 Å². The van der Waals surface area contributed by atoms with Crippen molar-refractivity contribution in [3.05, 3.63) is 0 Å². The number of hydrogen-bond donors (Lipinski definition) is 0. The Kier molecular flexibility index (Phi) is 3470. The van der Waals surface area contributed by atoms with E-state index in [9.17, 15) is 0 Å². The third-order valence-electron chi connectivity index (χ3n) is 0. The monoisotopic (exact) mass is 310 g/mol. The zero-order valence-electron chi connectivity index (χ0n) is 2.38. The molecule has 0 aromatic heterocycles. The minimum Gasteiger partial charge on any atom is -2.00 e. The summed E-state index contributed by atoms with van der Waals surface area (Å²) in [4.78, 5) is 0. The Morgan fingerprint density at radius 3 is 0.429 bits per heavy atom. The van der Waals surface area contributed by atoms with E-state index in [0.29, 0.717) is 0 Å². The molecule has 0 aromatic carbocycles. The van der Waals surface area contributed by atoms with Crippen LogP contribution in [0, 0.1) is 0 Å². The van der Waals surface area contributed by atoms with Gasteiger partial charge in [-0.25, -0.2) is 0 Å². The summed E-state index contributed by atoms with van der Waals surface area (Å²) < 4.78 is 0. The normalized spacial score (nSPS) is 0. The van der Waals surface area contributed by atoms with Crippen molar-refractivity contribution in [2.75, 3.05) is 0 Å². The second kappa shape index (κ2) is 127. The predicted molar refractivity (Wildman–Crippen MR) is 27.0 cm³/mol. The van der Waals surface area contributed by atoms with Gasteiger partial charge in [0.1, 0.15) is 0 Å². The van der Waals surface area contributed by atoms with Gasteiger partial charge in [-0.15, -0.1) is 0 Å². The number of rotatable bonds is 0. The Morgan fingerprint density at radius 2 is 0.429 bits per heavy atom. The minimum atomic E-state index is 0. The maximum Gasteiger partial charge on any atom is 3.00 e. The Balaban J connectivity index is 0. The fraction of sp³-hybridized carbons (Fsp3) is 1.00. The summed E-state index contributed by atoms with van der Waals surface area (Å²) in [5.41, 5.74) is 0. The molecule has 0 saturated carbocycles. The van der Waals surface area contributed by atoms with Crippen molar-refractivity contribution in [2.24, 2.45) is 0 Å². The Morgan fingerprint density at radius 1 is 0.429 bits per heavy atom. The van der Waals surface area contributed by atoms with Gasteiger partial charge in [-0.1, -0.05) is 14.9 Å². The molecule has 0 amide bonds. The van der Waals surface area contributed by atoms with Crippen LogP contribution in [0.4, 0.5) is 0 Å². The molecule has 0 spiro atoms. The smallest absolute Gasteiger partial charge is 2.00 e. The molecule has 3 nitrogen and oxygen atoms in total. The number of hydrogen-bond acceptors (Lipinski definition) is 0. The molecule has 40 valence electrons. The van der Waals surface area contributed by atoms with E-state index < -0.39 is 0 Å². The first kappa shape index (κ1) is 191. The van der Waals surface area contributed by atoms with E-state index in [2.05, 4.69) is 0 Å². The minimum absolute atomic E-state index is 0. The molecule has 0 unspecified atom stereocenters. The molecule has 0 fully saturated rings. The first-order valence-corrected chi connectivity index (χ1v) is 0. The molecule has 0 rings (SSSR count). The molecule has 0 bridgehead atoms. The van der Waals surface area contributed by atoms with Crippen LogP contribution in [-0.4, -0.2) is 51.7 Å². The first-order chi connectivity index (χ1) is 0. The van der Waals surface area contributed by atoms with Gasteiger partial charge >= 0.3 is 51.7 Å². The second-order valence-electron chi connectivity index (χ2n) is 0. The summed E-state index contributed by atoms with van der Waals surface area (Å²) in [7, 11) is 0. The average molecular weight is 310 g/mol. The summed E-state index contributed by atoms with van der Waals surface area (Å²) in [6.07, 6.45) is 0. The molecule has 0 atom stereocenters. The SMILES string of the molecule is C.C.[In+3].[In+3].[O-2].[O-2].[O-2]. The van der Waals surface area contributed by atoms with E-state index in [4.69, 9.17) is 0 Å². The van der Waals surface area contributed by atoms with E-state index in [1.807, 2.05) is 0 Å². The van der Waals surface area contributed by atoms with Crippen LogP contribution in [0.15, 0.2) is 0 Å². The third-order valence-corrected chi connectivity index (χ3v) is 0. The second-order valence-corrected chi connectivity index (χ2v) is 0. The van der Waals surface area contributed by atoms with Gasteiger partial charge in [0.05, 0.1) is 0 Å². The molecule has 0 N–H and O–H groups in total. The van der Waals surface area contributed by atoms with Crippen LogP contribution in [0.3, 0.4) is 0 Å². The molecule has 0 aliphatic carbocycles. The summed E-state index contributed by atoms with van der Waals surface area (Å²) in [5.74, 6) is 0. The van der Waals surface area contributed by atoms with E-state index in [-0.39, 0.29) is 83.0 Å². The quantitative estimate of drug-likeness (QED) is 0.610. The van der Waals surface area contributed by atoms with Crippen molar-refractivity contribution in [3.63, 3.8) is 0 Å². The zero-order chi connectivity index (χ0) is 0. The van der Waals surface area contributed by atoms with Crippen LogP contribution in [0.2, 0.25) is 0 Å². The standard InChI is InChI=1S/2CH4.2In.3O/h2*1H4;;;;;/q;;2*+3;3*-2. The largest absolute Gasteiger partial charge is 3.00 e. The van der Waals surface area contributed by atoms with Gasteiger partial charge in [0, 0.05) is 0 Å². The molecular weight excluding hydrogens is 302 g/mol. The zero-order valence-corrected chi connectivity index (χ0v) is 8.97. The van der Waals surface area contributed by atoms with Gasteiger partial charge in [-0.2, -0.15) is 0 Å². The summed E-state index contributed by atoms with van der Waals surface area (Å²) >= 11 is 0. The maximum atomic E-state index is 0. The van der Waals surface area contributed by atoms with Crippen LogP contribution >= 0.6 is 0 Å². The Labute approximate surface area is 82.4 Å². The molecule has 0 aromatic rings. The van der Waals surface area contributed by atoms with Crippen LogP contribution in [0.25, 0.3) is 0 Å². The van der Waals surface area contributed by atoms with Crippen molar-refractivity contribution < 1.29 is 16.4 Å². The van der Waals surface area contributed by atoms with Gasteiger partial charge in [0.25, 0.3) is 0 Å². The van der Waals surface area contributed by atoms with Crippen molar-refractivity contribution in [1.82, 2.24) is 0 Å². The first-order valence-electron chi connectivity index (χ1n) is 0. The van der Waals surface area contributed by atoms with Crippen molar-refractivity contribution in [1.29, 1.82) is 0 Å². The fourth-order valence-electron chi connectivity index (χ4n) is 0. The molecular formula is C2H8In2O3. The summed E-state index contributed by atoms with van der Waals surface area (Å²) in [6, 6.07) is 0. The van der Waals surface area contributed by atoms with Gasteiger partial charge in [0.2, 0.25) is 0 Å². The van der Waals surface area contributed by atoms with Crippen molar-refractivity contribution in [2.45, 2.75) is 14.9 Å². The van der Waals surface area contributed by atoms with Gasteiger partial charge < -0.3 is 16.4 Å². The summed E-state index contributed by atoms with van der Waals surface area (Å²) in [5, 5.41) is 0. The molecule has 0 aliphatic heterocycles. The molecule has 7 heavy (non-hydrogen) atoms. The van der Waals surface area contributed by atoms with E-state index in [1.165, 1.54) is 0 Å². The van der Waals surface area contributed by atoms with Crippen LogP contribution < -0.4 is 0 Å². The molecule has 0 aliphatic rings. The van der Waals surface area contributed by atoms with Crippen molar-refractivity contribution in [3.8, 4) is 0 Å². The van der Waals surface area contributed by atoms with Crippen molar-refractivity contribution >= 4 is 51.7 Å². The van der Waals surface area contributed by atoms with Crippen LogP contribution in [-0.2, 0) is 16.4 Å². The average Bonchev–Trinajstić information content (AvgIpc) is 0. The third kappa shape index (κ3) is 91.7. The van der Waals surface area contributed by atoms with Gasteiger partial charge in [0.15, 0.2) is 0 Å². The molecule has 0 radical (unpaired) electrons.